The molecule has 22 heavy (non-hydrogen) atoms. The third kappa shape index (κ3) is 2.90. The molecule has 1 aliphatic heterocycles. The van der Waals surface area contributed by atoms with E-state index in [1.54, 1.807) is 6.92 Å². The van der Waals surface area contributed by atoms with Gasteiger partial charge in [-0.3, -0.25) is 0 Å². The lowest BCUT2D eigenvalue weighted by atomic mass is 9.94. The van der Waals surface area contributed by atoms with Gasteiger partial charge in [0.1, 0.15) is 6.10 Å². The summed E-state index contributed by atoms with van der Waals surface area (Å²) in [7, 11) is 0. The molecule has 3 heteroatoms. The monoisotopic (exact) mass is 296 g/mol. The fourth-order valence-electron chi connectivity index (χ4n) is 2.74. The van der Waals surface area contributed by atoms with Crippen molar-refractivity contribution in [3.63, 3.8) is 0 Å². The van der Waals surface area contributed by atoms with Gasteiger partial charge in [-0.05, 0) is 41.7 Å². The Balaban J connectivity index is 1.88. The zero-order chi connectivity index (χ0) is 15.5. The summed E-state index contributed by atoms with van der Waals surface area (Å²) in [5.41, 5.74) is 4.73. The average Bonchev–Trinajstić information content (AvgIpc) is 3.36. The molecule has 0 amide bonds. The van der Waals surface area contributed by atoms with Crippen molar-refractivity contribution in [2.45, 2.75) is 32.5 Å². The van der Waals surface area contributed by atoms with E-state index >= 15 is 0 Å². The van der Waals surface area contributed by atoms with Crippen molar-refractivity contribution in [1.29, 1.82) is 0 Å². The Morgan fingerprint density at radius 3 is 2.59 bits per heavy atom. The minimum Gasteiger partial charge on any atom is -0.464 e. The van der Waals surface area contributed by atoms with Crippen LogP contribution in [0.1, 0.15) is 31.1 Å². The maximum Gasteiger partial charge on any atom is 0.338 e. The highest BCUT2D eigenvalue weighted by Crippen LogP contribution is 2.41. The van der Waals surface area contributed by atoms with Crippen molar-refractivity contribution < 1.29 is 14.3 Å². The number of epoxide rings is 1. The van der Waals surface area contributed by atoms with Gasteiger partial charge in [0, 0.05) is 0 Å². The first-order valence-corrected chi connectivity index (χ1v) is 7.75. The predicted molar refractivity (Wildman–Crippen MR) is 85.5 cm³/mol. The summed E-state index contributed by atoms with van der Waals surface area (Å²) < 4.78 is 10.5. The van der Waals surface area contributed by atoms with Crippen LogP contribution < -0.4 is 0 Å². The Labute approximate surface area is 130 Å². The fraction of sp³-hybridized carbons (Fsp3) is 0.316. The lowest BCUT2D eigenvalue weighted by molar-refractivity contribution is -0.144. The van der Waals surface area contributed by atoms with Crippen LogP contribution in [0.5, 0.6) is 0 Å². The van der Waals surface area contributed by atoms with Crippen molar-refractivity contribution >= 4 is 5.97 Å². The number of hydrogen-bond donors (Lipinski definition) is 0. The number of rotatable bonds is 5. The van der Waals surface area contributed by atoms with Gasteiger partial charge in [0.05, 0.1) is 6.61 Å². The number of benzene rings is 2. The number of ether oxygens (including phenoxy) is 2. The lowest BCUT2D eigenvalue weighted by Crippen LogP contribution is -2.11. The molecule has 2 atom stereocenters. The van der Waals surface area contributed by atoms with Gasteiger partial charge in [-0.25, -0.2) is 4.79 Å². The molecule has 1 heterocycles. The van der Waals surface area contributed by atoms with Crippen LogP contribution >= 0.6 is 0 Å². The quantitative estimate of drug-likeness (QED) is 0.620. The van der Waals surface area contributed by atoms with E-state index < -0.39 is 6.10 Å². The van der Waals surface area contributed by atoms with Gasteiger partial charge >= 0.3 is 5.97 Å². The van der Waals surface area contributed by atoms with Gasteiger partial charge in [-0.15, -0.1) is 0 Å². The van der Waals surface area contributed by atoms with E-state index in [2.05, 4.69) is 37.3 Å². The molecule has 1 saturated heterocycles. The highest BCUT2D eigenvalue weighted by atomic mass is 16.6. The summed E-state index contributed by atoms with van der Waals surface area (Å²) in [5, 5.41) is 0. The number of aryl methyl sites for hydroxylation is 1. The molecular weight excluding hydrogens is 276 g/mol. The van der Waals surface area contributed by atoms with Crippen LogP contribution in [0.15, 0.2) is 48.5 Å². The number of carbonyl (C=O) groups is 1. The number of hydrogen-bond acceptors (Lipinski definition) is 3. The highest BCUT2D eigenvalue weighted by Gasteiger charge is 2.47. The molecule has 0 spiro atoms. The van der Waals surface area contributed by atoms with Crippen LogP contribution in [-0.4, -0.2) is 18.7 Å². The second-order valence-electron chi connectivity index (χ2n) is 5.37. The third-order valence-corrected chi connectivity index (χ3v) is 3.94. The molecular formula is C19H20O3. The first-order chi connectivity index (χ1) is 10.7. The highest BCUT2D eigenvalue weighted by molar-refractivity contribution is 5.79. The van der Waals surface area contributed by atoms with Crippen LogP contribution in [0, 0.1) is 0 Å². The van der Waals surface area contributed by atoms with Crippen LogP contribution in [0.25, 0.3) is 11.1 Å². The van der Waals surface area contributed by atoms with Crippen molar-refractivity contribution in [1.82, 2.24) is 0 Å². The summed E-state index contributed by atoms with van der Waals surface area (Å²) in [6, 6.07) is 16.6. The van der Waals surface area contributed by atoms with Crippen LogP contribution in [0.2, 0.25) is 0 Å². The minimum absolute atomic E-state index is 0.174. The molecule has 1 fully saturated rings. The summed E-state index contributed by atoms with van der Waals surface area (Å²) in [4.78, 5) is 11.7. The maximum absolute atomic E-state index is 11.7. The zero-order valence-electron chi connectivity index (χ0n) is 12.9. The second kappa shape index (κ2) is 6.32. The maximum atomic E-state index is 11.7. The van der Waals surface area contributed by atoms with E-state index in [0.717, 1.165) is 12.0 Å². The molecule has 2 aromatic rings. The molecule has 3 nitrogen and oxygen atoms in total. The first-order valence-electron chi connectivity index (χ1n) is 7.75. The van der Waals surface area contributed by atoms with Crippen LogP contribution in [0.4, 0.5) is 0 Å². The molecule has 3 rings (SSSR count). The SMILES string of the molecule is CCOC(=O)C1OC1c1ccc(CC)c(-c2ccccc2)c1. The van der Waals surface area contributed by atoms with E-state index in [1.165, 1.54) is 16.7 Å². The summed E-state index contributed by atoms with van der Waals surface area (Å²) >= 11 is 0. The summed E-state index contributed by atoms with van der Waals surface area (Å²) in [6.45, 7) is 4.34. The van der Waals surface area contributed by atoms with Crippen molar-refractivity contribution in [2.24, 2.45) is 0 Å². The van der Waals surface area contributed by atoms with E-state index in [4.69, 9.17) is 9.47 Å². The normalized spacial score (nSPS) is 19.7. The molecule has 2 aromatic carbocycles. The van der Waals surface area contributed by atoms with Crippen molar-refractivity contribution in [3.05, 3.63) is 59.7 Å². The van der Waals surface area contributed by atoms with Gasteiger partial charge in [-0.1, -0.05) is 49.4 Å². The molecule has 2 unspecified atom stereocenters. The molecule has 114 valence electrons. The average molecular weight is 296 g/mol. The Morgan fingerprint density at radius 1 is 1.14 bits per heavy atom. The van der Waals surface area contributed by atoms with Crippen molar-refractivity contribution in [2.75, 3.05) is 6.61 Å². The van der Waals surface area contributed by atoms with Gasteiger partial charge in [-0.2, -0.15) is 0 Å². The van der Waals surface area contributed by atoms with Gasteiger partial charge in [0.15, 0.2) is 6.10 Å². The number of carbonyl (C=O) groups excluding carboxylic acids is 1. The zero-order valence-corrected chi connectivity index (χ0v) is 12.9. The Bertz CT molecular complexity index is 664. The molecule has 0 aromatic heterocycles. The van der Waals surface area contributed by atoms with Crippen LogP contribution in [-0.2, 0) is 20.7 Å². The Hall–Kier alpha value is -2.13. The Morgan fingerprint density at radius 2 is 1.91 bits per heavy atom. The standard InChI is InChI=1S/C19H20O3/c1-3-13-10-11-15(17-18(22-17)19(20)21-4-2)12-16(13)14-8-6-5-7-9-14/h5-12,17-18H,3-4H2,1-2H3. The van der Waals surface area contributed by atoms with Gasteiger partial charge < -0.3 is 9.47 Å². The second-order valence-corrected chi connectivity index (χ2v) is 5.37. The van der Waals surface area contributed by atoms with E-state index in [1.807, 2.05) is 18.2 Å². The fourth-order valence-corrected chi connectivity index (χ4v) is 2.74. The molecule has 0 saturated carbocycles. The molecule has 1 aliphatic rings. The first kappa shape index (κ1) is 14.8. The molecule has 0 bridgehead atoms. The van der Waals surface area contributed by atoms with E-state index in [-0.39, 0.29) is 12.1 Å². The van der Waals surface area contributed by atoms with Crippen molar-refractivity contribution in [3.8, 4) is 11.1 Å². The molecule has 0 N–H and O–H groups in total. The molecule has 0 radical (unpaired) electrons. The predicted octanol–water partition coefficient (Wildman–Crippen LogP) is 3.92. The van der Waals surface area contributed by atoms with E-state index in [0.29, 0.717) is 6.61 Å². The number of esters is 1. The lowest BCUT2D eigenvalue weighted by Gasteiger charge is -2.10. The smallest absolute Gasteiger partial charge is 0.338 e. The largest absolute Gasteiger partial charge is 0.464 e. The topological polar surface area (TPSA) is 38.8 Å². The van der Waals surface area contributed by atoms with Crippen LogP contribution in [0.3, 0.4) is 0 Å². The minimum atomic E-state index is -0.448. The van der Waals surface area contributed by atoms with Gasteiger partial charge in [0.25, 0.3) is 0 Å². The summed E-state index contributed by atoms with van der Waals surface area (Å²) in [6.07, 6.45) is 0.348. The van der Waals surface area contributed by atoms with Gasteiger partial charge in [0.2, 0.25) is 0 Å². The third-order valence-electron chi connectivity index (χ3n) is 3.94. The summed E-state index contributed by atoms with van der Waals surface area (Å²) in [5.74, 6) is -0.270. The van der Waals surface area contributed by atoms with E-state index in [9.17, 15) is 4.79 Å². The Kier molecular flexibility index (Phi) is 4.25. The molecule has 0 aliphatic carbocycles.